The summed E-state index contributed by atoms with van der Waals surface area (Å²) in [7, 11) is 0. The van der Waals surface area contributed by atoms with Crippen molar-refractivity contribution in [2.75, 3.05) is 0 Å². The second-order valence-electron chi connectivity index (χ2n) is 7.82. The number of nitrogens with one attached hydrogen (secondary N) is 1. The molecule has 1 amide bonds. The fourth-order valence-corrected chi connectivity index (χ4v) is 4.20. The number of carbonyl (C=O) groups excluding carboxylic acids is 1. The van der Waals surface area contributed by atoms with Crippen LogP contribution in [0.15, 0.2) is 96.6 Å². The molecule has 2 heterocycles. The van der Waals surface area contributed by atoms with Crippen LogP contribution in [-0.2, 0) is 11.3 Å². The summed E-state index contributed by atoms with van der Waals surface area (Å²) in [5.41, 5.74) is 3.50. The Morgan fingerprint density at radius 1 is 1.06 bits per heavy atom. The van der Waals surface area contributed by atoms with Gasteiger partial charge in [-0.3, -0.25) is 14.4 Å². The van der Waals surface area contributed by atoms with Gasteiger partial charge in [0.05, 0.1) is 28.2 Å². The van der Waals surface area contributed by atoms with Gasteiger partial charge in [-0.15, -0.1) is 0 Å². The third-order valence-electron chi connectivity index (χ3n) is 5.43. The molecule has 0 fully saturated rings. The van der Waals surface area contributed by atoms with E-state index in [2.05, 4.69) is 31.6 Å². The van der Waals surface area contributed by atoms with Crippen molar-refractivity contribution in [2.45, 2.75) is 6.54 Å². The maximum absolute atomic E-state index is 13.0. The van der Waals surface area contributed by atoms with Crippen molar-refractivity contribution in [2.24, 2.45) is 5.10 Å². The first-order valence-electron chi connectivity index (χ1n) is 10.7. The van der Waals surface area contributed by atoms with Crippen LogP contribution < -0.4 is 16.4 Å². The summed E-state index contributed by atoms with van der Waals surface area (Å²) in [5, 5.41) is 10.3. The molecule has 0 aliphatic heterocycles. The molecule has 8 nitrogen and oxygen atoms in total. The largest absolute Gasteiger partial charge is 0.463 e. The minimum Gasteiger partial charge on any atom is -0.463 e. The van der Waals surface area contributed by atoms with Crippen LogP contribution in [0.4, 0.5) is 0 Å². The molecule has 178 valence electrons. The number of hydrogen-bond acceptors (Lipinski definition) is 6. The molecule has 10 heteroatoms. The summed E-state index contributed by atoms with van der Waals surface area (Å²) in [6.45, 7) is -0.374. The molecule has 3 aromatic carbocycles. The van der Waals surface area contributed by atoms with E-state index in [0.717, 1.165) is 14.7 Å². The van der Waals surface area contributed by atoms with E-state index in [-0.39, 0.29) is 17.5 Å². The van der Waals surface area contributed by atoms with Crippen molar-refractivity contribution in [3.63, 3.8) is 0 Å². The summed E-state index contributed by atoms with van der Waals surface area (Å²) in [5.74, 6) is -0.592. The Bertz CT molecular complexity index is 1780. The predicted octanol–water partition coefficient (Wildman–Crippen LogP) is 4.74. The molecule has 5 rings (SSSR count). The second-order valence-corrected chi connectivity index (χ2v) is 9.17. The second kappa shape index (κ2) is 9.88. The van der Waals surface area contributed by atoms with Crippen molar-refractivity contribution >= 4 is 61.4 Å². The smallest absolute Gasteiger partial charge is 0.275 e. The van der Waals surface area contributed by atoms with E-state index in [1.807, 2.05) is 6.07 Å². The minimum atomic E-state index is -0.592. The Morgan fingerprint density at radius 2 is 1.81 bits per heavy atom. The summed E-state index contributed by atoms with van der Waals surface area (Å²) >= 11 is 9.34. The number of nitrogens with zero attached hydrogens (tertiary/aromatic N) is 3. The molecular weight excluding hydrogens is 548 g/mol. The van der Waals surface area contributed by atoms with Gasteiger partial charge in [0, 0.05) is 20.4 Å². The van der Waals surface area contributed by atoms with E-state index < -0.39 is 11.5 Å². The molecular formula is C26H16BrClN4O4. The van der Waals surface area contributed by atoms with Gasteiger partial charge < -0.3 is 4.42 Å². The normalized spacial score (nSPS) is 11.4. The van der Waals surface area contributed by atoms with E-state index in [0.29, 0.717) is 32.5 Å². The molecule has 0 atom stereocenters. The fourth-order valence-electron chi connectivity index (χ4n) is 3.72. The molecule has 1 N–H and O–H groups in total. The van der Waals surface area contributed by atoms with Gasteiger partial charge in [-0.2, -0.15) is 10.2 Å². The molecule has 5 aromatic rings. The third-order valence-corrected chi connectivity index (χ3v) is 6.18. The lowest BCUT2D eigenvalue weighted by Gasteiger charge is -2.11. The highest BCUT2D eigenvalue weighted by Gasteiger charge is 2.14. The Balaban J connectivity index is 1.41. The van der Waals surface area contributed by atoms with Crippen LogP contribution in [0.1, 0.15) is 5.56 Å². The van der Waals surface area contributed by atoms with Crippen molar-refractivity contribution < 1.29 is 9.21 Å². The van der Waals surface area contributed by atoms with Gasteiger partial charge in [0.2, 0.25) is 5.43 Å². The van der Waals surface area contributed by atoms with E-state index in [9.17, 15) is 14.4 Å². The number of carbonyl (C=O) groups is 1. The van der Waals surface area contributed by atoms with Crippen LogP contribution in [-0.4, -0.2) is 21.9 Å². The van der Waals surface area contributed by atoms with E-state index >= 15 is 0 Å². The summed E-state index contributed by atoms with van der Waals surface area (Å²) < 4.78 is 7.28. The lowest BCUT2D eigenvalue weighted by Crippen LogP contribution is -2.32. The Hall–Kier alpha value is -4.08. The van der Waals surface area contributed by atoms with Crippen LogP contribution in [0, 0.1) is 0 Å². The Kier molecular flexibility index (Phi) is 6.49. The topological polar surface area (TPSA) is 107 Å². The average molecular weight is 564 g/mol. The van der Waals surface area contributed by atoms with Crippen molar-refractivity contribution in [1.82, 2.24) is 15.2 Å². The van der Waals surface area contributed by atoms with Crippen molar-refractivity contribution in [3.8, 4) is 11.3 Å². The zero-order chi connectivity index (χ0) is 25.2. The SMILES string of the molecule is O=C(Cn1nc(-c2ccc(Cl)cc2)c2ccccc2c1=O)N/N=C/c1coc2ccc(Br)cc2c1=O. The number of hydrogen-bond donors (Lipinski definition) is 1. The number of hydrazone groups is 1. The van der Waals surface area contributed by atoms with Crippen molar-refractivity contribution in [1.29, 1.82) is 0 Å². The molecule has 0 aliphatic carbocycles. The molecule has 36 heavy (non-hydrogen) atoms. The zero-order valence-electron chi connectivity index (χ0n) is 18.4. The number of aromatic nitrogens is 2. The van der Waals surface area contributed by atoms with Crippen LogP contribution >= 0.6 is 27.5 Å². The molecule has 0 spiro atoms. The highest BCUT2D eigenvalue weighted by Crippen LogP contribution is 2.25. The standard InChI is InChI=1S/C26H16BrClN4O4/c27-17-7-10-22-21(11-17)25(34)16(14-36-22)12-29-30-23(33)13-32-26(35)20-4-2-1-3-19(20)24(31-32)15-5-8-18(28)9-6-15/h1-12,14H,13H2,(H,30,33)/b29-12+. The number of rotatable bonds is 5. The number of fused-ring (bicyclic) bond motifs is 2. The number of amides is 1. The Labute approximate surface area is 216 Å². The maximum atomic E-state index is 13.0. The van der Waals surface area contributed by atoms with Crippen LogP contribution in [0.25, 0.3) is 33.0 Å². The molecule has 0 saturated heterocycles. The highest BCUT2D eigenvalue weighted by atomic mass is 79.9. The lowest BCUT2D eigenvalue weighted by molar-refractivity contribution is -0.121. The van der Waals surface area contributed by atoms with Crippen LogP contribution in [0.3, 0.4) is 0 Å². The van der Waals surface area contributed by atoms with Gasteiger partial charge in [0.25, 0.3) is 11.5 Å². The van der Waals surface area contributed by atoms with Crippen LogP contribution in [0.2, 0.25) is 5.02 Å². The molecule has 2 aromatic heterocycles. The lowest BCUT2D eigenvalue weighted by atomic mass is 10.1. The third kappa shape index (κ3) is 4.71. The average Bonchev–Trinajstić information content (AvgIpc) is 2.88. The van der Waals surface area contributed by atoms with Gasteiger partial charge in [-0.25, -0.2) is 10.1 Å². The summed E-state index contributed by atoms with van der Waals surface area (Å²) in [6.07, 6.45) is 2.46. The number of benzene rings is 3. The monoisotopic (exact) mass is 562 g/mol. The first kappa shape index (κ1) is 23.7. The molecule has 0 radical (unpaired) electrons. The molecule has 0 unspecified atom stereocenters. The van der Waals surface area contributed by atoms with Crippen LogP contribution in [0.5, 0.6) is 0 Å². The Morgan fingerprint density at radius 3 is 2.58 bits per heavy atom. The van der Waals surface area contributed by atoms with Gasteiger partial charge in [-0.1, -0.05) is 57.9 Å². The molecule has 0 saturated carbocycles. The zero-order valence-corrected chi connectivity index (χ0v) is 20.8. The number of halogens is 2. The van der Waals surface area contributed by atoms with E-state index in [4.69, 9.17) is 16.0 Å². The first-order chi connectivity index (χ1) is 17.4. The quantitative estimate of drug-likeness (QED) is 0.246. The molecule has 0 bridgehead atoms. The first-order valence-corrected chi connectivity index (χ1v) is 11.9. The van der Waals surface area contributed by atoms with Gasteiger partial charge in [-0.05, 0) is 36.4 Å². The predicted molar refractivity (Wildman–Crippen MR) is 142 cm³/mol. The summed E-state index contributed by atoms with van der Waals surface area (Å²) in [6, 6.07) is 19.2. The minimum absolute atomic E-state index is 0.159. The van der Waals surface area contributed by atoms with Gasteiger partial charge >= 0.3 is 0 Å². The fraction of sp³-hybridized carbons (Fsp3) is 0.0385. The highest BCUT2D eigenvalue weighted by molar-refractivity contribution is 9.10. The maximum Gasteiger partial charge on any atom is 0.275 e. The van der Waals surface area contributed by atoms with Gasteiger partial charge in [0.1, 0.15) is 18.4 Å². The molecule has 0 aliphatic rings. The summed E-state index contributed by atoms with van der Waals surface area (Å²) in [4.78, 5) is 38.2. The van der Waals surface area contributed by atoms with E-state index in [1.54, 1.807) is 60.7 Å². The van der Waals surface area contributed by atoms with E-state index in [1.165, 1.54) is 12.5 Å². The van der Waals surface area contributed by atoms with Gasteiger partial charge in [0.15, 0.2) is 0 Å². The van der Waals surface area contributed by atoms with Crippen molar-refractivity contribution in [3.05, 3.63) is 109 Å².